The molecule has 0 amide bonds. The van der Waals surface area contributed by atoms with Crippen LogP contribution in [-0.4, -0.2) is 14.3 Å². The van der Waals surface area contributed by atoms with Gasteiger partial charge in [-0.2, -0.15) is 0 Å². The summed E-state index contributed by atoms with van der Waals surface area (Å²) in [6.45, 7) is 6.02. The maximum Gasteiger partial charge on any atom is 0.326 e. The molecule has 0 N–H and O–H groups in total. The van der Waals surface area contributed by atoms with Crippen molar-refractivity contribution in [2.75, 3.05) is 5.88 Å². The summed E-state index contributed by atoms with van der Waals surface area (Å²) in [5, 5.41) is 0. The third-order valence-electron chi connectivity index (χ3n) is 0.219. The Morgan fingerprint density at radius 1 is 1.71 bits per heavy atom. The van der Waals surface area contributed by atoms with E-state index in [2.05, 4.69) is 15.5 Å². The Morgan fingerprint density at radius 2 is 2.14 bits per heavy atom. The van der Waals surface area contributed by atoms with Crippen LogP contribution in [0.5, 0.6) is 0 Å². The van der Waals surface area contributed by atoms with Crippen LogP contribution in [0.2, 0.25) is 0 Å². The van der Waals surface area contributed by atoms with Crippen molar-refractivity contribution >= 4 is 19.7 Å². The van der Waals surface area contributed by atoms with Crippen LogP contribution in [-0.2, 0) is 9.05 Å². The topological polar surface area (TPSA) is 38.5 Å². The predicted molar refractivity (Wildman–Crippen MR) is 26.2 cm³/mol. The fourth-order valence-corrected chi connectivity index (χ4v) is 0.378. The van der Waals surface area contributed by atoms with Gasteiger partial charge >= 0.3 is 14.9 Å². The van der Waals surface area contributed by atoms with Crippen LogP contribution in [0.25, 0.3) is 4.85 Å². The standard InChI is InChI=1S/C2H2ClNO2S/c1-4-2-7(3,5)6/h2H2. The average Bonchev–Trinajstić information content (AvgIpc) is 1.30. The van der Waals surface area contributed by atoms with Gasteiger partial charge in [-0.3, -0.25) is 4.85 Å². The van der Waals surface area contributed by atoms with Gasteiger partial charge in [0.1, 0.15) is 0 Å². The van der Waals surface area contributed by atoms with Crippen molar-refractivity contribution < 1.29 is 8.42 Å². The summed E-state index contributed by atoms with van der Waals surface area (Å²) < 4.78 is 19.6. The largest absolute Gasteiger partial charge is 0.326 e. The molecule has 0 aromatic heterocycles. The van der Waals surface area contributed by atoms with E-state index < -0.39 is 14.9 Å². The van der Waals surface area contributed by atoms with Crippen LogP contribution in [0.15, 0.2) is 0 Å². The van der Waals surface area contributed by atoms with Gasteiger partial charge in [0.15, 0.2) is 0 Å². The van der Waals surface area contributed by atoms with Crippen molar-refractivity contribution in [2.45, 2.75) is 0 Å². The van der Waals surface area contributed by atoms with Crippen LogP contribution in [0.3, 0.4) is 0 Å². The average molecular weight is 140 g/mol. The molecule has 5 heteroatoms. The normalized spacial score (nSPS) is 10.3. The van der Waals surface area contributed by atoms with Gasteiger partial charge in [0.2, 0.25) is 0 Å². The molecule has 0 radical (unpaired) electrons. The molecule has 0 aromatic rings. The van der Waals surface area contributed by atoms with Crippen molar-refractivity contribution in [2.24, 2.45) is 0 Å². The smallest absolute Gasteiger partial charge is 0.298 e. The molecule has 0 aromatic carbocycles. The molecule has 0 aliphatic heterocycles. The van der Waals surface area contributed by atoms with Crippen LogP contribution in [0.1, 0.15) is 0 Å². The fraction of sp³-hybridized carbons (Fsp3) is 0.500. The second kappa shape index (κ2) is 2.15. The van der Waals surface area contributed by atoms with Crippen molar-refractivity contribution in [1.82, 2.24) is 0 Å². The Labute approximate surface area is 46.1 Å². The first-order valence-electron chi connectivity index (χ1n) is 1.32. The fourth-order valence-electron chi connectivity index (χ4n) is 0.0771. The SMILES string of the molecule is [C-]#[N+]CS(=O)(=O)Cl. The van der Waals surface area contributed by atoms with E-state index in [1.165, 1.54) is 0 Å². The molecule has 40 valence electrons. The summed E-state index contributed by atoms with van der Waals surface area (Å²) in [5.41, 5.74) is 0. The first kappa shape index (κ1) is 6.73. The summed E-state index contributed by atoms with van der Waals surface area (Å²) in [6.07, 6.45) is 0. The summed E-state index contributed by atoms with van der Waals surface area (Å²) in [6, 6.07) is 0. The van der Waals surface area contributed by atoms with Gasteiger partial charge < -0.3 is 0 Å². The van der Waals surface area contributed by atoms with Gasteiger partial charge in [-0.25, -0.2) is 15.0 Å². The minimum Gasteiger partial charge on any atom is -0.298 e. The molecule has 0 aliphatic carbocycles. The van der Waals surface area contributed by atoms with E-state index in [0.29, 0.717) is 0 Å². The summed E-state index contributed by atoms with van der Waals surface area (Å²) >= 11 is 0. The first-order valence-corrected chi connectivity index (χ1v) is 3.79. The number of nitrogens with zero attached hydrogens (tertiary/aromatic N) is 1. The van der Waals surface area contributed by atoms with Gasteiger partial charge in [0.05, 0.1) is 0 Å². The van der Waals surface area contributed by atoms with Crippen LogP contribution >= 0.6 is 10.7 Å². The van der Waals surface area contributed by atoms with Crippen LogP contribution < -0.4 is 0 Å². The molecule has 3 nitrogen and oxygen atoms in total. The second-order valence-electron chi connectivity index (χ2n) is 0.826. The van der Waals surface area contributed by atoms with E-state index in [1.807, 2.05) is 0 Å². The summed E-state index contributed by atoms with van der Waals surface area (Å²) in [5.74, 6) is -0.630. The molecule has 0 unspecified atom stereocenters. The number of rotatable bonds is 1. The summed E-state index contributed by atoms with van der Waals surface area (Å²) in [4.78, 5) is 2.54. The highest BCUT2D eigenvalue weighted by Crippen LogP contribution is 1.93. The molecule has 0 atom stereocenters. The minimum absolute atomic E-state index is 0.630. The molecule has 0 saturated heterocycles. The van der Waals surface area contributed by atoms with E-state index in [-0.39, 0.29) is 0 Å². The van der Waals surface area contributed by atoms with Crippen molar-refractivity contribution in [1.29, 1.82) is 0 Å². The highest BCUT2D eigenvalue weighted by atomic mass is 35.7. The van der Waals surface area contributed by atoms with E-state index in [1.54, 1.807) is 0 Å². The predicted octanol–water partition coefficient (Wildman–Crippen LogP) is 0.432. The molecule has 0 heterocycles. The zero-order valence-corrected chi connectivity index (χ0v) is 4.83. The van der Waals surface area contributed by atoms with E-state index in [4.69, 9.17) is 6.57 Å². The minimum atomic E-state index is -3.56. The molecular formula is C2H2ClNO2S. The Balaban J connectivity index is 3.92. The Kier molecular flexibility index (Phi) is 2.06. The Bertz CT molecular complexity index is 176. The molecule has 0 spiro atoms. The van der Waals surface area contributed by atoms with Crippen LogP contribution in [0, 0.1) is 6.57 Å². The highest BCUT2D eigenvalue weighted by Gasteiger charge is 2.04. The van der Waals surface area contributed by atoms with Gasteiger partial charge in [0.25, 0.3) is 0 Å². The quantitative estimate of drug-likeness (QED) is 0.390. The third-order valence-corrected chi connectivity index (χ3v) is 0.949. The lowest BCUT2D eigenvalue weighted by molar-refractivity contribution is 0.612. The maximum absolute atomic E-state index is 9.78. The van der Waals surface area contributed by atoms with Crippen molar-refractivity contribution in [3.05, 3.63) is 11.4 Å². The molecule has 0 fully saturated rings. The zero-order chi connectivity index (χ0) is 5.91. The Morgan fingerprint density at radius 3 is 2.14 bits per heavy atom. The number of halogens is 1. The van der Waals surface area contributed by atoms with Gasteiger partial charge in [0, 0.05) is 10.7 Å². The van der Waals surface area contributed by atoms with E-state index >= 15 is 0 Å². The lowest BCUT2D eigenvalue weighted by Crippen LogP contribution is -1.88. The van der Waals surface area contributed by atoms with Gasteiger partial charge in [-0.15, -0.1) is 0 Å². The van der Waals surface area contributed by atoms with Gasteiger partial charge in [-0.1, -0.05) is 0 Å². The molecule has 0 bridgehead atoms. The van der Waals surface area contributed by atoms with Crippen molar-refractivity contribution in [3.63, 3.8) is 0 Å². The monoisotopic (exact) mass is 139 g/mol. The number of hydrogen-bond donors (Lipinski definition) is 0. The molecular weight excluding hydrogens is 138 g/mol. The Hall–Kier alpha value is -0.270. The van der Waals surface area contributed by atoms with Crippen LogP contribution in [0.4, 0.5) is 0 Å². The molecule has 0 saturated carbocycles. The maximum atomic E-state index is 9.78. The number of hydrogen-bond acceptors (Lipinski definition) is 2. The van der Waals surface area contributed by atoms with E-state index in [9.17, 15) is 8.42 Å². The first-order chi connectivity index (χ1) is 3.06. The molecule has 0 aliphatic rings. The zero-order valence-electron chi connectivity index (χ0n) is 3.26. The molecule has 0 rings (SSSR count). The van der Waals surface area contributed by atoms with Crippen molar-refractivity contribution in [3.8, 4) is 0 Å². The lowest BCUT2D eigenvalue weighted by Gasteiger charge is -1.73. The lowest BCUT2D eigenvalue weighted by atomic mass is 11.5. The molecule has 7 heavy (non-hydrogen) atoms. The second-order valence-corrected chi connectivity index (χ2v) is 3.57. The van der Waals surface area contributed by atoms with Gasteiger partial charge in [-0.05, 0) is 0 Å². The summed E-state index contributed by atoms with van der Waals surface area (Å²) in [7, 11) is 1.04. The van der Waals surface area contributed by atoms with E-state index in [0.717, 1.165) is 0 Å². The highest BCUT2D eigenvalue weighted by molar-refractivity contribution is 8.13. The third kappa shape index (κ3) is 5.73.